The number of carbonyl (C=O) groups is 2. The molecular formula is C18H25ClN2O5. The number of methoxy groups -OCH3 is 1. The van der Waals surface area contributed by atoms with Gasteiger partial charge in [-0.1, -0.05) is 18.2 Å². The maximum atomic E-state index is 11.7. The summed E-state index contributed by atoms with van der Waals surface area (Å²) < 4.78 is 15.5. The SMILES string of the molecule is C=C(CCNC(=O)COc1ccc(Cl)cc1)NC(=O)COC(C)COC. The summed E-state index contributed by atoms with van der Waals surface area (Å²) in [6.07, 6.45) is 0.241. The lowest BCUT2D eigenvalue weighted by Gasteiger charge is -2.13. The van der Waals surface area contributed by atoms with E-state index in [2.05, 4.69) is 17.2 Å². The molecular weight excluding hydrogens is 360 g/mol. The maximum absolute atomic E-state index is 11.7. The second kappa shape index (κ2) is 12.3. The molecule has 0 aromatic heterocycles. The highest BCUT2D eigenvalue weighted by Crippen LogP contribution is 2.15. The number of amides is 2. The maximum Gasteiger partial charge on any atom is 0.257 e. The van der Waals surface area contributed by atoms with Gasteiger partial charge < -0.3 is 24.8 Å². The molecule has 1 atom stereocenters. The average Bonchev–Trinajstić information content (AvgIpc) is 2.60. The predicted molar refractivity (Wildman–Crippen MR) is 99.1 cm³/mol. The van der Waals surface area contributed by atoms with Crippen LogP contribution in [0.2, 0.25) is 5.02 Å². The highest BCUT2D eigenvalue weighted by Gasteiger charge is 2.08. The van der Waals surface area contributed by atoms with Gasteiger partial charge >= 0.3 is 0 Å². The third-order valence-corrected chi connectivity index (χ3v) is 3.40. The van der Waals surface area contributed by atoms with E-state index in [0.29, 0.717) is 36.0 Å². The molecule has 0 bridgehead atoms. The standard InChI is InChI=1S/C18H25ClN2O5/c1-13(21-18(23)12-25-14(2)10-24-3)8-9-20-17(22)11-26-16-6-4-15(19)5-7-16/h4-7,14H,1,8-12H2,2-3H3,(H,20,22)(H,21,23). The Hall–Kier alpha value is -2.09. The Labute approximate surface area is 158 Å². The van der Waals surface area contributed by atoms with Gasteiger partial charge in [-0.15, -0.1) is 0 Å². The van der Waals surface area contributed by atoms with Gasteiger partial charge in [0, 0.05) is 30.8 Å². The third kappa shape index (κ3) is 10.0. The minimum Gasteiger partial charge on any atom is -0.484 e. The Morgan fingerprint density at radius 2 is 1.88 bits per heavy atom. The number of rotatable bonds is 12. The summed E-state index contributed by atoms with van der Waals surface area (Å²) in [6.45, 7) is 6.13. The fraction of sp³-hybridized carbons (Fsp3) is 0.444. The summed E-state index contributed by atoms with van der Waals surface area (Å²) >= 11 is 5.77. The second-order valence-corrected chi connectivity index (χ2v) is 6.01. The predicted octanol–water partition coefficient (Wildman–Crippen LogP) is 1.91. The van der Waals surface area contributed by atoms with Crippen LogP contribution in [0.5, 0.6) is 5.75 Å². The van der Waals surface area contributed by atoms with Gasteiger partial charge in [-0.25, -0.2) is 0 Å². The Kier molecular flexibility index (Phi) is 10.4. The molecule has 0 fully saturated rings. The molecule has 8 heteroatoms. The number of nitrogens with one attached hydrogen (secondary N) is 2. The molecule has 1 unspecified atom stereocenters. The van der Waals surface area contributed by atoms with Gasteiger partial charge in [0.05, 0.1) is 12.7 Å². The molecule has 0 aliphatic heterocycles. The third-order valence-electron chi connectivity index (χ3n) is 3.15. The van der Waals surface area contributed by atoms with Gasteiger partial charge in [0.1, 0.15) is 12.4 Å². The first-order chi connectivity index (χ1) is 12.4. The normalized spacial score (nSPS) is 11.5. The highest BCUT2D eigenvalue weighted by atomic mass is 35.5. The molecule has 7 nitrogen and oxygen atoms in total. The Balaban J connectivity index is 2.13. The van der Waals surface area contributed by atoms with Gasteiger partial charge in [-0.2, -0.15) is 0 Å². The van der Waals surface area contributed by atoms with Gasteiger partial charge in [0.25, 0.3) is 5.91 Å². The molecule has 0 radical (unpaired) electrons. The zero-order chi connectivity index (χ0) is 19.4. The quantitative estimate of drug-likeness (QED) is 0.575. The first kappa shape index (κ1) is 22.0. The molecule has 1 aromatic rings. The minimum atomic E-state index is -0.296. The van der Waals surface area contributed by atoms with Crippen molar-refractivity contribution >= 4 is 23.4 Å². The smallest absolute Gasteiger partial charge is 0.257 e. The fourth-order valence-electron chi connectivity index (χ4n) is 1.88. The van der Waals surface area contributed by atoms with E-state index in [9.17, 15) is 9.59 Å². The van der Waals surface area contributed by atoms with Crippen LogP contribution in [0.3, 0.4) is 0 Å². The van der Waals surface area contributed by atoms with Crippen LogP contribution >= 0.6 is 11.6 Å². The van der Waals surface area contributed by atoms with Crippen LogP contribution < -0.4 is 15.4 Å². The summed E-state index contributed by atoms with van der Waals surface area (Å²) in [5.74, 6) is -0.00456. The topological polar surface area (TPSA) is 85.9 Å². The molecule has 2 amide bonds. The number of carbonyl (C=O) groups excluding carboxylic acids is 2. The van der Waals surface area contributed by atoms with E-state index in [1.165, 1.54) is 0 Å². The van der Waals surface area contributed by atoms with E-state index in [0.717, 1.165) is 0 Å². The first-order valence-electron chi connectivity index (χ1n) is 8.14. The van der Waals surface area contributed by atoms with Crippen LogP contribution in [0.1, 0.15) is 13.3 Å². The van der Waals surface area contributed by atoms with Crippen LogP contribution in [-0.4, -0.2) is 51.4 Å². The van der Waals surface area contributed by atoms with Crippen LogP contribution in [0.15, 0.2) is 36.5 Å². The van der Waals surface area contributed by atoms with E-state index in [-0.39, 0.29) is 31.1 Å². The van der Waals surface area contributed by atoms with Crippen molar-refractivity contribution in [1.82, 2.24) is 10.6 Å². The highest BCUT2D eigenvalue weighted by molar-refractivity contribution is 6.30. The molecule has 0 aliphatic rings. The molecule has 2 N–H and O–H groups in total. The first-order valence-corrected chi connectivity index (χ1v) is 8.51. The van der Waals surface area contributed by atoms with E-state index in [1.807, 2.05) is 6.92 Å². The zero-order valence-corrected chi connectivity index (χ0v) is 15.8. The molecule has 144 valence electrons. The minimum absolute atomic E-state index is 0.0785. The van der Waals surface area contributed by atoms with Crippen molar-refractivity contribution in [3.8, 4) is 5.75 Å². The average molecular weight is 385 g/mol. The van der Waals surface area contributed by atoms with Gasteiger partial charge in [-0.3, -0.25) is 9.59 Å². The Bertz CT molecular complexity index is 592. The fourth-order valence-corrected chi connectivity index (χ4v) is 2.01. The van der Waals surface area contributed by atoms with E-state index >= 15 is 0 Å². The van der Waals surface area contributed by atoms with Crippen LogP contribution in [0, 0.1) is 0 Å². The molecule has 0 saturated heterocycles. The number of benzene rings is 1. The molecule has 0 spiro atoms. The van der Waals surface area contributed by atoms with Crippen molar-refractivity contribution in [3.63, 3.8) is 0 Å². The number of halogens is 1. The van der Waals surface area contributed by atoms with Crippen LogP contribution in [-0.2, 0) is 19.1 Å². The molecule has 1 aromatic carbocycles. The lowest BCUT2D eigenvalue weighted by molar-refractivity contribution is -0.127. The van der Waals surface area contributed by atoms with Crippen molar-refractivity contribution in [1.29, 1.82) is 0 Å². The summed E-state index contributed by atoms with van der Waals surface area (Å²) in [5, 5.41) is 5.90. The Morgan fingerprint density at radius 1 is 1.19 bits per heavy atom. The lowest BCUT2D eigenvalue weighted by atomic mass is 10.3. The van der Waals surface area contributed by atoms with Crippen molar-refractivity contribution in [2.75, 3.05) is 33.5 Å². The van der Waals surface area contributed by atoms with Crippen molar-refractivity contribution < 1.29 is 23.8 Å². The summed E-state index contributed by atoms with van der Waals surface area (Å²) in [4.78, 5) is 23.4. The monoisotopic (exact) mass is 384 g/mol. The second-order valence-electron chi connectivity index (χ2n) is 5.57. The molecule has 0 aliphatic carbocycles. The number of hydrogen-bond acceptors (Lipinski definition) is 5. The molecule has 1 rings (SSSR count). The van der Waals surface area contributed by atoms with Gasteiger partial charge in [0.2, 0.25) is 5.91 Å². The van der Waals surface area contributed by atoms with E-state index in [4.69, 9.17) is 25.8 Å². The number of hydrogen-bond donors (Lipinski definition) is 2. The molecule has 26 heavy (non-hydrogen) atoms. The van der Waals surface area contributed by atoms with Gasteiger partial charge in [0.15, 0.2) is 6.61 Å². The summed E-state index contributed by atoms with van der Waals surface area (Å²) in [5.41, 5.74) is 0.497. The van der Waals surface area contributed by atoms with Crippen LogP contribution in [0.25, 0.3) is 0 Å². The number of ether oxygens (including phenoxy) is 3. The van der Waals surface area contributed by atoms with Crippen molar-refractivity contribution in [2.24, 2.45) is 0 Å². The van der Waals surface area contributed by atoms with E-state index in [1.54, 1.807) is 31.4 Å². The Morgan fingerprint density at radius 3 is 2.54 bits per heavy atom. The summed E-state index contributed by atoms with van der Waals surface area (Å²) in [6, 6.07) is 6.73. The van der Waals surface area contributed by atoms with Crippen molar-refractivity contribution in [2.45, 2.75) is 19.4 Å². The molecule has 0 heterocycles. The largest absolute Gasteiger partial charge is 0.484 e. The van der Waals surface area contributed by atoms with E-state index < -0.39 is 0 Å². The van der Waals surface area contributed by atoms with Crippen molar-refractivity contribution in [3.05, 3.63) is 41.6 Å². The zero-order valence-electron chi connectivity index (χ0n) is 15.0. The molecule has 0 saturated carbocycles. The van der Waals surface area contributed by atoms with Gasteiger partial charge in [-0.05, 0) is 31.2 Å². The summed E-state index contributed by atoms with van der Waals surface area (Å²) in [7, 11) is 1.57. The van der Waals surface area contributed by atoms with Crippen LogP contribution in [0.4, 0.5) is 0 Å². The lowest BCUT2D eigenvalue weighted by Crippen LogP contribution is -2.33.